The van der Waals surface area contributed by atoms with Gasteiger partial charge in [-0.15, -0.1) is 0 Å². The van der Waals surface area contributed by atoms with Gasteiger partial charge in [0.2, 0.25) is 0 Å². The zero-order valence-corrected chi connectivity index (χ0v) is 11.1. The summed E-state index contributed by atoms with van der Waals surface area (Å²) in [6.07, 6.45) is 6.21. The van der Waals surface area contributed by atoms with Gasteiger partial charge in [-0.25, -0.2) is 4.98 Å². The molecule has 1 aromatic heterocycles. The van der Waals surface area contributed by atoms with Crippen molar-refractivity contribution < 1.29 is 4.79 Å². The summed E-state index contributed by atoms with van der Waals surface area (Å²) < 4.78 is 0. The molecule has 0 bridgehead atoms. The lowest BCUT2D eigenvalue weighted by Crippen LogP contribution is -2.47. The van der Waals surface area contributed by atoms with E-state index >= 15 is 0 Å². The minimum atomic E-state index is -0.111. The third-order valence-corrected chi connectivity index (χ3v) is 3.90. The molecule has 1 heterocycles. The smallest absolute Gasteiger partial charge is 0.255 e. The van der Waals surface area contributed by atoms with E-state index in [9.17, 15) is 4.79 Å². The molecular formula is C14H21N3O. The predicted octanol–water partition coefficient (Wildman–Crippen LogP) is 2.36. The number of amides is 1. The van der Waals surface area contributed by atoms with Crippen LogP contribution in [0.3, 0.4) is 0 Å². The summed E-state index contributed by atoms with van der Waals surface area (Å²) in [6, 6.07) is 3.67. The fraction of sp³-hybridized carbons (Fsp3) is 0.571. The number of hydrogen-bond donors (Lipinski definition) is 2. The molecule has 4 nitrogen and oxygen atoms in total. The summed E-state index contributed by atoms with van der Waals surface area (Å²) in [4.78, 5) is 16.1. The molecule has 3 N–H and O–H groups in total. The molecule has 0 spiro atoms. The zero-order valence-electron chi connectivity index (χ0n) is 11.1. The van der Waals surface area contributed by atoms with E-state index in [1.165, 1.54) is 12.8 Å². The van der Waals surface area contributed by atoms with Crippen molar-refractivity contribution in [3.05, 3.63) is 23.9 Å². The van der Waals surface area contributed by atoms with Crippen LogP contribution in [-0.4, -0.2) is 16.9 Å². The van der Waals surface area contributed by atoms with Crippen molar-refractivity contribution in [3.63, 3.8) is 0 Å². The molecule has 98 valence electrons. The van der Waals surface area contributed by atoms with E-state index in [4.69, 9.17) is 5.73 Å². The Kier molecular flexibility index (Phi) is 3.55. The lowest BCUT2D eigenvalue weighted by molar-refractivity contribution is 0.0854. The maximum atomic E-state index is 12.2. The van der Waals surface area contributed by atoms with E-state index in [-0.39, 0.29) is 17.4 Å². The van der Waals surface area contributed by atoms with Gasteiger partial charge in [-0.1, -0.05) is 26.7 Å². The Balaban J connectivity index is 2.10. The second-order valence-corrected chi connectivity index (χ2v) is 5.70. The van der Waals surface area contributed by atoms with Gasteiger partial charge in [0.15, 0.2) is 0 Å². The summed E-state index contributed by atoms with van der Waals surface area (Å²) in [7, 11) is 0. The molecular weight excluding hydrogens is 226 g/mol. The lowest BCUT2D eigenvalue weighted by atomic mass is 9.73. The summed E-state index contributed by atoms with van der Waals surface area (Å²) >= 11 is 0. The summed E-state index contributed by atoms with van der Waals surface area (Å²) in [5.41, 5.74) is 6.35. The standard InChI is InChI=1S/C14H21N3O/c1-14(2)8-4-3-7-11(14)17-13(18)10-6-5-9-16-12(10)15/h5-6,9,11H,3-4,7-8H2,1-2H3,(H2,15,16)(H,17,18). The van der Waals surface area contributed by atoms with Gasteiger partial charge < -0.3 is 11.1 Å². The van der Waals surface area contributed by atoms with Crippen LogP contribution < -0.4 is 11.1 Å². The maximum Gasteiger partial charge on any atom is 0.255 e. The van der Waals surface area contributed by atoms with Crippen molar-refractivity contribution in [2.75, 3.05) is 5.73 Å². The molecule has 1 saturated carbocycles. The third kappa shape index (κ3) is 2.63. The highest BCUT2D eigenvalue weighted by atomic mass is 16.1. The molecule has 2 rings (SSSR count). The first-order valence-electron chi connectivity index (χ1n) is 6.52. The van der Waals surface area contributed by atoms with Gasteiger partial charge in [-0.3, -0.25) is 4.79 Å². The van der Waals surface area contributed by atoms with Crippen LogP contribution in [0, 0.1) is 5.41 Å². The fourth-order valence-electron chi connectivity index (χ4n) is 2.61. The molecule has 0 aliphatic heterocycles. The van der Waals surface area contributed by atoms with Gasteiger partial charge in [0, 0.05) is 12.2 Å². The van der Waals surface area contributed by atoms with Crippen molar-refractivity contribution in [3.8, 4) is 0 Å². The molecule has 1 fully saturated rings. The summed E-state index contributed by atoms with van der Waals surface area (Å²) in [5.74, 6) is 0.184. The Hall–Kier alpha value is -1.58. The van der Waals surface area contributed by atoms with Gasteiger partial charge in [-0.05, 0) is 30.4 Å². The van der Waals surface area contributed by atoms with E-state index in [0.29, 0.717) is 11.4 Å². The highest BCUT2D eigenvalue weighted by molar-refractivity contribution is 5.98. The van der Waals surface area contributed by atoms with Crippen molar-refractivity contribution in [1.82, 2.24) is 10.3 Å². The average molecular weight is 247 g/mol. The number of nitrogens with two attached hydrogens (primary N) is 1. The molecule has 0 radical (unpaired) electrons. The Labute approximate surface area is 108 Å². The first-order chi connectivity index (χ1) is 8.50. The van der Waals surface area contributed by atoms with Crippen LogP contribution in [0.5, 0.6) is 0 Å². The molecule has 1 unspecified atom stereocenters. The van der Waals surface area contributed by atoms with Crippen LogP contribution >= 0.6 is 0 Å². The topological polar surface area (TPSA) is 68.0 Å². The fourth-order valence-corrected chi connectivity index (χ4v) is 2.61. The normalized spacial score (nSPS) is 22.4. The summed E-state index contributed by atoms with van der Waals surface area (Å²) in [6.45, 7) is 4.42. The van der Waals surface area contributed by atoms with E-state index < -0.39 is 0 Å². The van der Waals surface area contributed by atoms with E-state index in [0.717, 1.165) is 12.8 Å². The molecule has 18 heavy (non-hydrogen) atoms. The number of rotatable bonds is 2. The zero-order chi connectivity index (χ0) is 13.2. The minimum Gasteiger partial charge on any atom is -0.383 e. The average Bonchev–Trinajstić information content (AvgIpc) is 2.32. The predicted molar refractivity (Wildman–Crippen MR) is 72.2 cm³/mol. The maximum absolute atomic E-state index is 12.2. The molecule has 0 aromatic carbocycles. The number of nitrogens with zero attached hydrogens (tertiary/aromatic N) is 1. The minimum absolute atomic E-state index is 0.111. The van der Waals surface area contributed by atoms with Crippen molar-refractivity contribution >= 4 is 11.7 Å². The summed E-state index contributed by atoms with van der Waals surface area (Å²) in [5, 5.41) is 3.11. The van der Waals surface area contributed by atoms with Crippen LogP contribution in [0.15, 0.2) is 18.3 Å². The van der Waals surface area contributed by atoms with Crippen molar-refractivity contribution in [1.29, 1.82) is 0 Å². The van der Waals surface area contributed by atoms with E-state index in [2.05, 4.69) is 24.1 Å². The van der Waals surface area contributed by atoms with E-state index in [1.807, 2.05) is 0 Å². The molecule has 4 heteroatoms. The SMILES string of the molecule is CC1(C)CCCCC1NC(=O)c1cccnc1N. The Bertz CT molecular complexity index is 442. The number of carbonyl (C=O) groups excluding carboxylic acids is 1. The first-order valence-corrected chi connectivity index (χ1v) is 6.52. The van der Waals surface area contributed by atoms with Gasteiger partial charge in [0.05, 0.1) is 5.56 Å². The Morgan fingerprint density at radius 1 is 1.50 bits per heavy atom. The van der Waals surface area contributed by atoms with Crippen LogP contribution in [-0.2, 0) is 0 Å². The number of nitrogens with one attached hydrogen (secondary N) is 1. The number of nitrogen functional groups attached to an aromatic ring is 1. The number of pyridine rings is 1. The third-order valence-electron chi connectivity index (χ3n) is 3.90. The lowest BCUT2D eigenvalue weighted by Gasteiger charge is -2.39. The number of anilines is 1. The van der Waals surface area contributed by atoms with Gasteiger partial charge in [0.1, 0.15) is 5.82 Å². The number of carbonyl (C=O) groups is 1. The van der Waals surface area contributed by atoms with E-state index in [1.54, 1.807) is 18.3 Å². The molecule has 1 atom stereocenters. The van der Waals surface area contributed by atoms with Crippen LogP contribution in [0.1, 0.15) is 49.9 Å². The van der Waals surface area contributed by atoms with Gasteiger partial charge in [-0.2, -0.15) is 0 Å². The first kappa shape index (κ1) is 12.9. The Morgan fingerprint density at radius 2 is 2.28 bits per heavy atom. The second-order valence-electron chi connectivity index (χ2n) is 5.70. The quantitative estimate of drug-likeness (QED) is 0.843. The van der Waals surface area contributed by atoms with Crippen molar-refractivity contribution in [2.45, 2.75) is 45.6 Å². The molecule has 1 aliphatic carbocycles. The highest BCUT2D eigenvalue weighted by Crippen LogP contribution is 2.35. The van der Waals surface area contributed by atoms with Crippen LogP contribution in [0.25, 0.3) is 0 Å². The molecule has 1 amide bonds. The van der Waals surface area contributed by atoms with Crippen molar-refractivity contribution in [2.24, 2.45) is 5.41 Å². The largest absolute Gasteiger partial charge is 0.383 e. The monoisotopic (exact) mass is 247 g/mol. The number of hydrogen-bond acceptors (Lipinski definition) is 3. The van der Waals surface area contributed by atoms with Crippen LogP contribution in [0.2, 0.25) is 0 Å². The van der Waals surface area contributed by atoms with Gasteiger partial charge >= 0.3 is 0 Å². The Morgan fingerprint density at radius 3 is 2.94 bits per heavy atom. The van der Waals surface area contributed by atoms with Crippen LogP contribution in [0.4, 0.5) is 5.82 Å². The van der Waals surface area contributed by atoms with Gasteiger partial charge in [0.25, 0.3) is 5.91 Å². The molecule has 1 aliphatic rings. The highest BCUT2D eigenvalue weighted by Gasteiger charge is 2.33. The molecule has 0 saturated heterocycles. The number of aromatic nitrogens is 1. The molecule has 1 aromatic rings. The second kappa shape index (κ2) is 4.96.